The predicted octanol–water partition coefficient (Wildman–Crippen LogP) is 4.88. The van der Waals surface area contributed by atoms with Gasteiger partial charge in [0.2, 0.25) is 0 Å². The van der Waals surface area contributed by atoms with Gasteiger partial charge in [0.25, 0.3) is 0 Å². The van der Waals surface area contributed by atoms with Crippen LogP contribution in [0.3, 0.4) is 0 Å². The Morgan fingerprint density at radius 1 is 1.19 bits per heavy atom. The normalized spacial score (nSPS) is 10.9. The molecule has 2 aromatic rings. The minimum absolute atomic E-state index is 0.133. The second kappa shape index (κ2) is 9.11. The van der Waals surface area contributed by atoms with E-state index in [9.17, 15) is 10.1 Å². The molecule has 0 aromatic heterocycles. The molecule has 0 bridgehead atoms. The molecule has 0 heterocycles. The number of nitrogens with zero attached hydrogens (tertiary/aromatic N) is 1. The van der Waals surface area contributed by atoms with Crippen LogP contribution in [0.5, 0.6) is 17.2 Å². The number of rotatable bonds is 6. The number of ether oxygens (including phenoxy) is 3. The van der Waals surface area contributed by atoms with Gasteiger partial charge < -0.3 is 14.2 Å². The Balaban J connectivity index is 2.28. The first-order valence-corrected chi connectivity index (χ1v) is 8.69. The summed E-state index contributed by atoms with van der Waals surface area (Å²) in [5.41, 5.74) is 2.06. The van der Waals surface area contributed by atoms with Crippen LogP contribution in [0.1, 0.15) is 23.6 Å². The van der Waals surface area contributed by atoms with Gasteiger partial charge in [-0.1, -0.05) is 17.7 Å². The Labute approximate surface area is 163 Å². The summed E-state index contributed by atoms with van der Waals surface area (Å²) in [6.45, 7) is 6.01. The summed E-state index contributed by atoms with van der Waals surface area (Å²) in [6.07, 6.45) is 1.44. The summed E-state index contributed by atoms with van der Waals surface area (Å²) in [5, 5.41) is 9.98. The fraction of sp³-hybridized carbons (Fsp3) is 0.238. The quantitative estimate of drug-likeness (QED) is 0.307. The van der Waals surface area contributed by atoms with Crippen LogP contribution in [0.15, 0.2) is 35.9 Å². The van der Waals surface area contributed by atoms with E-state index in [1.807, 2.05) is 26.8 Å². The second-order valence-electron chi connectivity index (χ2n) is 5.77. The maximum atomic E-state index is 12.4. The molecule has 0 fully saturated rings. The smallest absolute Gasteiger partial charge is 0.354 e. The molecule has 2 rings (SSSR count). The molecule has 0 spiro atoms. The van der Waals surface area contributed by atoms with Crippen LogP contribution in [0, 0.1) is 25.2 Å². The molecule has 0 aliphatic heterocycles. The molecule has 0 aliphatic rings. The number of aryl methyl sites for hydroxylation is 2. The summed E-state index contributed by atoms with van der Waals surface area (Å²) in [6, 6.07) is 10.3. The molecule has 5 nitrogen and oxygen atoms in total. The molecule has 0 aliphatic carbocycles. The van der Waals surface area contributed by atoms with E-state index in [1.54, 1.807) is 30.3 Å². The van der Waals surface area contributed by atoms with Crippen LogP contribution in [-0.2, 0) is 4.79 Å². The highest BCUT2D eigenvalue weighted by Crippen LogP contribution is 2.29. The molecule has 2 aromatic carbocycles. The zero-order chi connectivity index (χ0) is 20.0. The third-order valence-corrected chi connectivity index (χ3v) is 4.36. The lowest BCUT2D eigenvalue weighted by atomic mass is 10.1. The topological polar surface area (TPSA) is 68.5 Å². The summed E-state index contributed by atoms with van der Waals surface area (Å²) < 4.78 is 16.1. The van der Waals surface area contributed by atoms with Gasteiger partial charge in [0.05, 0.1) is 13.7 Å². The third-order valence-electron chi connectivity index (χ3n) is 3.76. The highest BCUT2D eigenvalue weighted by atomic mass is 35.5. The summed E-state index contributed by atoms with van der Waals surface area (Å²) in [5.74, 6) is 0.696. The zero-order valence-electron chi connectivity index (χ0n) is 15.6. The standard InChI is InChI=1S/C21H20ClNO4/c1-5-26-18-7-6-15(11-19(18)25-4)10-16(12-23)21(24)27-17-8-13(2)20(22)14(3)9-17/h6-11H,5H2,1-4H3/b16-10+. The largest absolute Gasteiger partial charge is 0.493 e. The van der Waals surface area contributed by atoms with Crippen molar-refractivity contribution < 1.29 is 19.0 Å². The van der Waals surface area contributed by atoms with E-state index in [1.165, 1.54) is 13.2 Å². The van der Waals surface area contributed by atoms with E-state index in [0.29, 0.717) is 34.4 Å². The zero-order valence-corrected chi connectivity index (χ0v) is 16.4. The van der Waals surface area contributed by atoms with Gasteiger partial charge in [0.1, 0.15) is 17.4 Å². The monoisotopic (exact) mass is 385 g/mol. The first-order chi connectivity index (χ1) is 12.9. The lowest BCUT2D eigenvalue weighted by Gasteiger charge is -2.10. The lowest BCUT2D eigenvalue weighted by molar-refractivity contribution is -0.129. The van der Waals surface area contributed by atoms with Crippen LogP contribution in [0.4, 0.5) is 0 Å². The van der Waals surface area contributed by atoms with E-state index < -0.39 is 5.97 Å². The van der Waals surface area contributed by atoms with Gasteiger partial charge in [-0.15, -0.1) is 0 Å². The van der Waals surface area contributed by atoms with E-state index in [2.05, 4.69) is 0 Å². The van der Waals surface area contributed by atoms with Crippen molar-refractivity contribution in [1.29, 1.82) is 5.26 Å². The maximum Gasteiger partial charge on any atom is 0.354 e. The number of benzene rings is 2. The molecular weight excluding hydrogens is 366 g/mol. The first kappa shape index (κ1) is 20.3. The molecule has 0 radical (unpaired) electrons. The number of carbonyl (C=O) groups excluding carboxylic acids is 1. The lowest BCUT2D eigenvalue weighted by Crippen LogP contribution is -2.10. The molecule has 27 heavy (non-hydrogen) atoms. The minimum Gasteiger partial charge on any atom is -0.493 e. The van der Waals surface area contributed by atoms with Gasteiger partial charge in [-0.25, -0.2) is 4.79 Å². The van der Waals surface area contributed by atoms with Crippen LogP contribution < -0.4 is 14.2 Å². The fourth-order valence-corrected chi connectivity index (χ4v) is 2.59. The Hall–Kier alpha value is -2.97. The number of hydrogen-bond acceptors (Lipinski definition) is 5. The Kier molecular flexibility index (Phi) is 6.86. The molecular formula is C21H20ClNO4. The summed E-state index contributed by atoms with van der Waals surface area (Å²) >= 11 is 6.12. The number of hydrogen-bond donors (Lipinski definition) is 0. The average Bonchev–Trinajstić information content (AvgIpc) is 2.65. The molecule has 0 amide bonds. The molecule has 0 saturated carbocycles. The van der Waals surface area contributed by atoms with E-state index >= 15 is 0 Å². The van der Waals surface area contributed by atoms with Crippen molar-refractivity contribution in [2.24, 2.45) is 0 Å². The van der Waals surface area contributed by atoms with E-state index in [-0.39, 0.29) is 5.57 Å². The first-order valence-electron chi connectivity index (χ1n) is 8.31. The van der Waals surface area contributed by atoms with Crippen molar-refractivity contribution in [1.82, 2.24) is 0 Å². The van der Waals surface area contributed by atoms with E-state index in [4.69, 9.17) is 25.8 Å². The van der Waals surface area contributed by atoms with Crippen molar-refractivity contribution in [2.75, 3.05) is 13.7 Å². The van der Waals surface area contributed by atoms with Gasteiger partial charge in [-0.3, -0.25) is 0 Å². The van der Waals surface area contributed by atoms with Crippen molar-refractivity contribution >= 4 is 23.6 Å². The fourth-order valence-electron chi connectivity index (χ4n) is 2.48. The SMILES string of the molecule is CCOc1ccc(/C=C(\C#N)C(=O)Oc2cc(C)c(Cl)c(C)c2)cc1OC. The number of esters is 1. The van der Waals surface area contributed by atoms with Gasteiger partial charge in [-0.2, -0.15) is 5.26 Å². The predicted molar refractivity (Wildman–Crippen MR) is 104 cm³/mol. The van der Waals surface area contributed by atoms with Gasteiger partial charge in [-0.05, 0) is 67.8 Å². The third kappa shape index (κ3) is 5.02. The van der Waals surface area contributed by atoms with Gasteiger partial charge in [0.15, 0.2) is 11.5 Å². The average molecular weight is 386 g/mol. The van der Waals surface area contributed by atoms with Crippen molar-refractivity contribution in [3.63, 3.8) is 0 Å². The summed E-state index contributed by atoms with van der Waals surface area (Å²) in [4.78, 5) is 12.4. The molecule has 0 atom stereocenters. The Bertz CT molecular complexity index is 905. The molecule has 140 valence electrons. The van der Waals surface area contributed by atoms with Crippen LogP contribution in [0.25, 0.3) is 6.08 Å². The van der Waals surface area contributed by atoms with Crippen molar-refractivity contribution in [3.8, 4) is 23.3 Å². The highest BCUT2D eigenvalue weighted by molar-refractivity contribution is 6.32. The molecule has 6 heteroatoms. The van der Waals surface area contributed by atoms with Gasteiger partial charge >= 0.3 is 5.97 Å². The highest BCUT2D eigenvalue weighted by Gasteiger charge is 2.14. The second-order valence-corrected chi connectivity index (χ2v) is 6.15. The van der Waals surface area contributed by atoms with Gasteiger partial charge in [0, 0.05) is 5.02 Å². The Morgan fingerprint density at radius 3 is 2.41 bits per heavy atom. The molecule has 0 N–H and O–H groups in total. The molecule has 0 unspecified atom stereocenters. The van der Waals surface area contributed by atoms with Crippen LogP contribution >= 0.6 is 11.6 Å². The number of nitriles is 1. The van der Waals surface area contributed by atoms with Crippen molar-refractivity contribution in [3.05, 3.63) is 57.6 Å². The maximum absolute atomic E-state index is 12.4. The molecule has 0 saturated heterocycles. The number of halogens is 1. The van der Waals surface area contributed by atoms with E-state index in [0.717, 1.165) is 11.1 Å². The van der Waals surface area contributed by atoms with Crippen LogP contribution in [0.2, 0.25) is 5.02 Å². The minimum atomic E-state index is -0.744. The van der Waals surface area contributed by atoms with Crippen molar-refractivity contribution in [2.45, 2.75) is 20.8 Å². The number of methoxy groups -OCH3 is 1. The summed E-state index contributed by atoms with van der Waals surface area (Å²) in [7, 11) is 1.52. The Morgan fingerprint density at radius 2 is 1.85 bits per heavy atom. The number of carbonyl (C=O) groups is 1. The van der Waals surface area contributed by atoms with Crippen LogP contribution in [-0.4, -0.2) is 19.7 Å².